The Hall–Kier alpha value is -0.550. The van der Waals surface area contributed by atoms with Crippen molar-refractivity contribution >= 4 is 0 Å². The molecular weight excluding hydrogens is 112 g/mol. The average Bonchev–Trinajstić information content (AvgIpc) is 2.18. The average molecular weight is 122 g/mol. The van der Waals surface area contributed by atoms with Crippen molar-refractivity contribution < 1.29 is 0 Å². The lowest BCUT2D eigenvalue weighted by molar-refractivity contribution is 0.215. The Balaban J connectivity index is 2.20. The first-order valence-corrected chi connectivity index (χ1v) is 3.43. The molecular formula is C7H10N2. The second kappa shape index (κ2) is 1.30. The van der Waals surface area contributed by atoms with E-state index >= 15 is 0 Å². The van der Waals surface area contributed by atoms with Crippen LogP contribution in [0.5, 0.6) is 0 Å². The van der Waals surface area contributed by atoms with E-state index in [9.17, 15) is 0 Å². The molecule has 48 valence electrons. The molecule has 0 heterocycles. The number of hydrogen-bond acceptors (Lipinski definition) is 2. The predicted octanol–water partition coefficient (Wildman–Crippen LogP) is 0.637. The number of nitrogens with two attached hydrogens (primary N) is 1. The molecule has 0 amide bonds. The van der Waals surface area contributed by atoms with Crippen LogP contribution in [-0.4, -0.2) is 6.04 Å². The van der Waals surface area contributed by atoms with Gasteiger partial charge in [-0.25, -0.2) is 0 Å². The summed E-state index contributed by atoms with van der Waals surface area (Å²) in [5.41, 5.74) is 5.76. The summed E-state index contributed by atoms with van der Waals surface area (Å²) in [5, 5.41) is 8.68. The van der Waals surface area contributed by atoms with Gasteiger partial charge in [0.1, 0.15) is 0 Å². The Morgan fingerprint density at radius 2 is 2.11 bits per heavy atom. The fourth-order valence-electron chi connectivity index (χ4n) is 2.17. The van der Waals surface area contributed by atoms with Gasteiger partial charge in [0.15, 0.2) is 0 Å². The topological polar surface area (TPSA) is 49.8 Å². The standard InChI is InChI=1S/C7H10N2/c8-4-7-1-5(2-7)6(9)3-7/h5-6H,1-3,9H2. The summed E-state index contributed by atoms with van der Waals surface area (Å²) < 4.78 is 0. The van der Waals surface area contributed by atoms with Gasteiger partial charge in [0, 0.05) is 6.04 Å². The van der Waals surface area contributed by atoms with Crippen LogP contribution in [0.1, 0.15) is 19.3 Å². The van der Waals surface area contributed by atoms with E-state index in [0.717, 1.165) is 19.3 Å². The third kappa shape index (κ3) is 0.481. The molecule has 0 aromatic heterocycles. The molecule has 3 saturated carbocycles. The van der Waals surface area contributed by atoms with Crippen LogP contribution in [0.3, 0.4) is 0 Å². The van der Waals surface area contributed by atoms with E-state index in [1.807, 2.05) is 0 Å². The smallest absolute Gasteiger partial charge is 0.0690 e. The van der Waals surface area contributed by atoms with E-state index in [1.165, 1.54) is 0 Å². The molecule has 3 aliphatic rings. The normalized spacial score (nSPS) is 54.2. The Labute approximate surface area is 54.6 Å². The summed E-state index contributed by atoms with van der Waals surface area (Å²) in [6, 6.07) is 2.69. The first-order chi connectivity index (χ1) is 4.26. The molecule has 0 aromatic rings. The molecule has 3 aliphatic carbocycles. The summed E-state index contributed by atoms with van der Waals surface area (Å²) in [6.07, 6.45) is 3.10. The maximum Gasteiger partial charge on any atom is 0.0690 e. The van der Waals surface area contributed by atoms with Crippen LogP contribution in [-0.2, 0) is 0 Å². The molecule has 3 fully saturated rings. The van der Waals surface area contributed by atoms with E-state index in [1.54, 1.807) is 0 Å². The summed E-state index contributed by atoms with van der Waals surface area (Å²) in [5.74, 6) is 0.685. The van der Waals surface area contributed by atoms with Gasteiger partial charge in [-0.15, -0.1) is 0 Å². The second-order valence-corrected chi connectivity index (χ2v) is 3.43. The molecule has 0 saturated heterocycles. The predicted molar refractivity (Wildman–Crippen MR) is 33.4 cm³/mol. The Bertz CT molecular complexity index is 174. The zero-order valence-corrected chi connectivity index (χ0v) is 5.30. The maximum atomic E-state index is 8.68. The fraction of sp³-hybridized carbons (Fsp3) is 0.857. The zero-order valence-electron chi connectivity index (χ0n) is 5.30. The van der Waals surface area contributed by atoms with Crippen molar-refractivity contribution in [2.45, 2.75) is 25.3 Å². The summed E-state index contributed by atoms with van der Waals surface area (Å²) >= 11 is 0. The van der Waals surface area contributed by atoms with E-state index < -0.39 is 0 Å². The lowest BCUT2D eigenvalue weighted by Gasteiger charge is -2.31. The van der Waals surface area contributed by atoms with E-state index in [0.29, 0.717) is 12.0 Å². The molecule has 2 bridgehead atoms. The lowest BCUT2D eigenvalue weighted by atomic mass is 9.71. The quantitative estimate of drug-likeness (QED) is 0.512. The summed E-state index contributed by atoms with van der Waals surface area (Å²) in [4.78, 5) is 0. The van der Waals surface area contributed by atoms with Crippen LogP contribution in [0.25, 0.3) is 0 Å². The zero-order chi connectivity index (χ0) is 6.48. The Kier molecular flexibility index (Phi) is 0.758. The van der Waals surface area contributed by atoms with Crippen molar-refractivity contribution in [2.24, 2.45) is 17.1 Å². The fourth-order valence-corrected chi connectivity index (χ4v) is 2.17. The van der Waals surface area contributed by atoms with Gasteiger partial charge in [-0.2, -0.15) is 5.26 Å². The SMILES string of the molecule is N#CC12CC(N)C(C1)C2. The van der Waals surface area contributed by atoms with E-state index in [-0.39, 0.29) is 5.41 Å². The van der Waals surface area contributed by atoms with Crippen LogP contribution >= 0.6 is 0 Å². The largest absolute Gasteiger partial charge is 0.327 e. The molecule has 0 radical (unpaired) electrons. The minimum atomic E-state index is 0.0318. The van der Waals surface area contributed by atoms with Gasteiger partial charge >= 0.3 is 0 Å². The molecule has 9 heavy (non-hydrogen) atoms. The summed E-state index contributed by atoms with van der Waals surface area (Å²) in [6.45, 7) is 0. The van der Waals surface area contributed by atoms with Gasteiger partial charge < -0.3 is 5.73 Å². The molecule has 2 heteroatoms. The van der Waals surface area contributed by atoms with Gasteiger partial charge in [0.25, 0.3) is 0 Å². The monoisotopic (exact) mass is 122 g/mol. The molecule has 0 aliphatic heterocycles. The van der Waals surface area contributed by atoms with Crippen LogP contribution in [0.4, 0.5) is 0 Å². The molecule has 0 spiro atoms. The van der Waals surface area contributed by atoms with Crippen molar-refractivity contribution in [3.05, 3.63) is 0 Å². The third-order valence-electron chi connectivity index (χ3n) is 2.77. The molecule has 2 nitrogen and oxygen atoms in total. The first-order valence-electron chi connectivity index (χ1n) is 3.43. The van der Waals surface area contributed by atoms with E-state index in [4.69, 9.17) is 11.0 Å². The number of hydrogen-bond donors (Lipinski definition) is 1. The highest BCUT2D eigenvalue weighted by atomic mass is 14.8. The number of nitrogens with zero attached hydrogens (tertiary/aromatic N) is 1. The second-order valence-electron chi connectivity index (χ2n) is 3.43. The summed E-state index contributed by atoms with van der Waals surface area (Å²) in [7, 11) is 0. The first kappa shape index (κ1) is 5.25. The molecule has 2 N–H and O–H groups in total. The van der Waals surface area contributed by atoms with Gasteiger partial charge in [-0.3, -0.25) is 0 Å². The van der Waals surface area contributed by atoms with Gasteiger partial charge in [-0.1, -0.05) is 0 Å². The van der Waals surface area contributed by atoms with Gasteiger partial charge in [0.05, 0.1) is 11.5 Å². The minimum Gasteiger partial charge on any atom is -0.327 e. The number of fused-ring (bicyclic) bond motifs is 1. The van der Waals surface area contributed by atoms with E-state index in [2.05, 4.69) is 6.07 Å². The maximum absolute atomic E-state index is 8.68. The Morgan fingerprint density at radius 3 is 2.33 bits per heavy atom. The van der Waals surface area contributed by atoms with Crippen LogP contribution in [0, 0.1) is 22.7 Å². The molecule has 3 rings (SSSR count). The molecule has 1 atom stereocenters. The molecule has 0 aromatic carbocycles. The highest BCUT2D eigenvalue weighted by Gasteiger charge is 2.55. The highest BCUT2D eigenvalue weighted by molar-refractivity contribution is 5.17. The van der Waals surface area contributed by atoms with Crippen molar-refractivity contribution in [2.75, 3.05) is 0 Å². The van der Waals surface area contributed by atoms with Crippen LogP contribution in [0.15, 0.2) is 0 Å². The van der Waals surface area contributed by atoms with Gasteiger partial charge in [0.2, 0.25) is 0 Å². The third-order valence-corrected chi connectivity index (χ3v) is 2.77. The van der Waals surface area contributed by atoms with Crippen molar-refractivity contribution in [3.63, 3.8) is 0 Å². The molecule has 1 unspecified atom stereocenters. The van der Waals surface area contributed by atoms with Crippen LogP contribution < -0.4 is 5.73 Å². The Morgan fingerprint density at radius 1 is 1.44 bits per heavy atom. The van der Waals surface area contributed by atoms with Crippen molar-refractivity contribution in [1.82, 2.24) is 0 Å². The minimum absolute atomic E-state index is 0.0318. The highest BCUT2D eigenvalue weighted by Crippen LogP contribution is 2.57. The van der Waals surface area contributed by atoms with Crippen LogP contribution in [0.2, 0.25) is 0 Å². The van der Waals surface area contributed by atoms with Crippen molar-refractivity contribution in [3.8, 4) is 6.07 Å². The number of nitriles is 1. The number of rotatable bonds is 0. The van der Waals surface area contributed by atoms with Gasteiger partial charge in [-0.05, 0) is 25.2 Å². The lowest BCUT2D eigenvalue weighted by Crippen LogP contribution is -2.28. The van der Waals surface area contributed by atoms with Crippen molar-refractivity contribution in [1.29, 1.82) is 5.26 Å².